The van der Waals surface area contributed by atoms with Crippen LogP contribution in [-0.2, 0) is 6.54 Å². The van der Waals surface area contributed by atoms with E-state index in [9.17, 15) is 23.1 Å². The number of nitrogens with zero attached hydrogens (tertiary/aromatic N) is 6. The minimum atomic E-state index is -2.65. The molecule has 2 unspecified atom stereocenters. The van der Waals surface area contributed by atoms with Gasteiger partial charge in [-0.3, -0.25) is 4.90 Å². The maximum absolute atomic E-state index is 14.6. The summed E-state index contributed by atoms with van der Waals surface area (Å²) in [6.07, 6.45) is -0.112. The first-order valence-corrected chi connectivity index (χ1v) is 11.8. The maximum Gasteiger partial charge on any atom is 0.407 e. The summed E-state index contributed by atoms with van der Waals surface area (Å²) in [4.78, 5) is 22.7. The SMILES string of the molecule is COc1ncc(-c2cc(CN3CCC(F)(F)CC3)c3c(N)ncnn23)cc1NC1CN(C(=O)O)CC1F. The number of hydrogen-bond acceptors (Lipinski definition) is 8. The molecule has 2 aliphatic rings. The average molecular weight is 521 g/mol. The third-order valence-electron chi connectivity index (χ3n) is 6.84. The number of likely N-dealkylation sites (tertiary alicyclic amines) is 2. The highest BCUT2D eigenvalue weighted by atomic mass is 19.3. The number of alkyl halides is 3. The summed E-state index contributed by atoms with van der Waals surface area (Å²) >= 11 is 0. The summed E-state index contributed by atoms with van der Waals surface area (Å²) in [6, 6.07) is 2.80. The van der Waals surface area contributed by atoms with E-state index in [-0.39, 0.29) is 50.7 Å². The standard InChI is InChI=1S/C23H27F3N8O3/c1-37-21-16(31-17-11-33(22(35)36)10-15(17)24)6-13(8-28-21)18-7-14(19-20(27)29-12-30-34(18)19)9-32-4-2-23(25,26)3-5-32/h6-8,12,15,17,31H,2-5,9-11H2,1H3,(H,35,36)(H2,27,29,30). The number of nitrogen functional groups attached to an aromatic ring is 1. The predicted octanol–water partition coefficient (Wildman–Crippen LogP) is 2.73. The highest BCUT2D eigenvalue weighted by Crippen LogP contribution is 2.34. The first-order valence-electron chi connectivity index (χ1n) is 11.8. The summed E-state index contributed by atoms with van der Waals surface area (Å²) in [6.45, 7) is 0.645. The number of hydrogen-bond donors (Lipinski definition) is 3. The first-order chi connectivity index (χ1) is 17.6. The molecule has 0 spiro atoms. The van der Waals surface area contributed by atoms with Crippen molar-refractivity contribution in [1.82, 2.24) is 29.4 Å². The molecular formula is C23H27F3N8O3. The summed E-state index contributed by atoms with van der Waals surface area (Å²) in [5.41, 5.74) is 9.14. The molecule has 3 aromatic heterocycles. The van der Waals surface area contributed by atoms with Gasteiger partial charge in [-0.05, 0) is 17.7 Å². The third-order valence-corrected chi connectivity index (χ3v) is 6.84. The molecule has 4 N–H and O–H groups in total. The quantitative estimate of drug-likeness (QED) is 0.449. The topological polar surface area (TPSA) is 134 Å². The number of pyridine rings is 1. The fourth-order valence-corrected chi connectivity index (χ4v) is 4.86. The van der Waals surface area contributed by atoms with E-state index in [0.29, 0.717) is 29.0 Å². The number of fused-ring (bicyclic) bond motifs is 1. The van der Waals surface area contributed by atoms with Crippen molar-refractivity contribution in [1.29, 1.82) is 0 Å². The van der Waals surface area contributed by atoms with Gasteiger partial charge in [0.25, 0.3) is 5.92 Å². The van der Waals surface area contributed by atoms with E-state index in [1.165, 1.54) is 13.4 Å². The predicted molar refractivity (Wildman–Crippen MR) is 129 cm³/mol. The highest BCUT2D eigenvalue weighted by molar-refractivity contribution is 5.79. The van der Waals surface area contributed by atoms with E-state index >= 15 is 0 Å². The Morgan fingerprint density at radius 2 is 2.03 bits per heavy atom. The number of methoxy groups -OCH3 is 1. The van der Waals surface area contributed by atoms with Crippen molar-refractivity contribution >= 4 is 23.1 Å². The number of nitrogens with one attached hydrogen (secondary N) is 1. The molecule has 5 heterocycles. The van der Waals surface area contributed by atoms with Crippen LogP contribution in [0.3, 0.4) is 0 Å². The van der Waals surface area contributed by atoms with Gasteiger partial charge in [-0.25, -0.2) is 32.4 Å². The van der Waals surface area contributed by atoms with E-state index < -0.39 is 24.2 Å². The number of anilines is 2. The molecule has 1 amide bonds. The molecule has 11 nitrogen and oxygen atoms in total. The molecule has 0 radical (unpaired) electrons. The number of piperidine rings is 1. The van der Waals surface area contributed by atoms with Crippen LogP contribution in [0.2, 0.25) is 0 Å². The lowest BCUT2D eigenvalue weighted by atomic mass is 10.1. The van der Waals surface area contributed by atoms with Crippen LogP contribution in [0.1, 0.15) is 18.4 Å². The zero-order valence-electron chi connectivity index (χ0n) is 20.1. The molecule has 2 aliphatic heterocycles. The third kappa shape index (κ3) is 4.92. The van der Waals surface area contributed by atoms with Crippen LogP contribution in [0.5, 0.6) is 5.88 Å². The largest absolute Gasteiger partial charge is 0.480 e. The van der Waals surface area contributed by atoms with Crippen molar-refractivity contribution in [2.24, 2.45) is 0 Å². The van der Waals surface area contributed by atoms with Crippen molar-refractivity contribution in [2.75, 3.05) is 44.3 Å². The van der Waals surface area contributed by atoms with Gasteiger partial charge in [0.2, 0.25) is 5.88 Å². The van der Waals surface area contributed by atoms with Gasteiger partial charge < -0.3 is 25.8 Å². The van der Waals surface area contributed by atoms with Crippen LogP contribution in [0.25, 0.3) is 16.8 Å². The van der Waals surface area contributed by atoms with E-state index in [2.05, 4.69) is 20.4 Å². The first kappa shape index (κ1) is 24.9. The lowest BCUT2D eigenvalue weighted by molar-refractivity contribution is -0.0565. The highest BCUT2D eigenvalue weighted by Gasteiger charge is 2.36. The Labute approximate surface area is 210 Å². The number of nitrogens with two attached hydrogens (primary N) is 1. The number of aromatic nitrogens is 4. The Bertz CT molecular complexity index is 1310. The van der Waals surface area contributed by atoms with Crippen molar-refractivity contribution in [3.8, 4) is 17.1 Å². The molecule has 2 atom stereocenters. The normalized spacial score (nSPS) is 21.9. The summed E-state index contributed by atoms with van der Waals surface area (Å²) in [5, 5.41) is 16.6. The summed E-state index contributed by atoms with van der Waals surface area (Å²) < 4.78 is 48.8. The van der Waals surface area contributed by atoms with Gasteiger partial charge in [0.1, 0.15) is 18.0 Å². The smallest absolute Gasteiger partial charge is 0.407 e. The van der Waals surface area contributed by atoms with Gasteiger partial charge in [-0.2, -0.15) is 5.10 Å². The molecule has 0 bridgehead atoms. The Morgan fingerprint density at radius 1 is 1.27 bits per heavy atom. The second kappa shape index (κ2) is 9.57. The summed E-state index contributed by atoms with van der Waals surface area (Å²) in [7, 11) is 1.43. The van der Waals surface area contributed by atoms with Crippen LogP contribution in [0, 0.1) is 0 Å². The Kier molecular flexibility index (Phi) is 6.43. The van der Waals surface area contributed by atoms with Crippen molar-refractivity contribution in [3.05, 3.63) is 30.2 Å². The van der Waals surface area contributed by atoms with Crippen molar-refractivity contribution in [2.45, 2.75) is 37.5 Å². The summed E-state index contributed by atoms with van der Waals surface area (Å²) in [5.74, 6) is -2.18. The van der Waals surface area contributed by atoms with Crippen molar-refractivity contribution < 1.29 is 27.8 Å². The number of amides is 1. The second-order valence-electron chi connectivity index (χ2n) is 9.33. The van der Waals surface area contributed by atoms with E-state index in [0.717, 1.165) is 10.5 Å². The Morgan fingerprint density at radius 3 is 2.70 bits per heavy atom. The number of carboxylic acid groups (broad SMARTS) is 1. The lowest BCUT2D eigenvalue weighted by Crippen LogP contribution is -2.38. The zero-order valence-corrected chi connectivity index (χ0v) is 20.1. The number of halogens is 3. The van der Waals surface area contributed by atoms with E-state index in [4.69, 9.17) is 10.5 Å². The lowest BCUT2D eigenvalue weighted by Gasteiger charge is -2.31. The Balaban J connectivity index is 1.47. The van der Waals surface area contributed by atoms with E-state index in [1.54, 1.807) is 16.8 Å². The molecule has 0 saturated carbocycles. The molecule has 2 saturated heterocycles. The molecule has 0 aliphatic carbocycles. The second-order valence-corrected chi connectivity index (χ2v) is 9.33. The van der Waals surface area contributed by atoms with Gasteiger partial charge in [0.05, 0.1) is 31.1 Å². The van der Waals surface area contributed by atoms with Crippen LogP contribution < -0.4 is 15.8 Å². The zero-order chi connectivity index (χ0) is 26.3. The van der Waals surface area contributed by atoms with Gasteiger partial charge in [-0.1, -0.05) is 0 Å². The maximum atomic E-state index is 14.6. The van der Waals surface area contributed by atoms with Crippen LogP contribution in [-0.4, -0.2) is 92.0 Å². The molecule has 2 fully saturated rings. The molecule has 14 heteroatoms. The monoisotopic (exact) mass is 520 g/mol. The van der Waals surface area contributed by atoms with Crippen LogP contribution in [0.4, 0.5) is 29.5 Å². The van der Waals surface area contributed by atoms with Gasteiger partial charge in [0.15, 0.2) is 5.82 Å². The number of rotatable bonds is 6. The Hall–Kier alpha value is -3.81. The van der Waals surface area contributed by atoms with Gasteiger partial charge >= 0.3 is 6.09 Å². The number of ether oxygens (including phenoxy) is 1. The van der Waals surface area contributed by atoms with Crippen LogP contribution >= 0.6 is 0 Å². The molecular weight excluding hydrogens is 493 g/mol. The number of carbonyl (C=O) groups is 1. The molecule has 3 aromatic rings. The fraction of sp³-hybridized carbons (Fsp3) is 0.478. The molecule has 0 aromatic carbocycles. The van der Waals surface area contributed by atoms with Crippen molar-refractivity contribution in [3.63, 3.8) is 0 Å². The van der Waals surface area contributed by atoms with Gasteiger partial charge in [-0.15, -0.1) is 0 Å². The minimum Gasteiger partial charge on any atom is -0.480 e. The van der Waals surface area contributed by atoms with Gasteiger partial charge in [0, 0.05) is 50.8 Å². The van der Waals surface area contributed by atoms with E-state index in [1.807, 2.05) is 11.0 Å². The minimum absolute atomic E-state index is 0.0271. The average Bonchev–Trinajstić information content (AvgIpc) is 3.42. The molecule has 37 heavy (non-hydrogen) atoms. The fourth-order valence-electron chi connectivity index (χ4n) is 4.86. The molecule has 198 valence electrons. The molecule has 5 rings (SSSR count). The van der Waals surface area contributed by atoms with Crippen LogP contribution in [0.15, 0.2) is 24.7 Å².